The molecule has 0 saturated carbocycles. The number of thioether (sulfide) groups is 1. The molecule has 0 spiro atoms. The topological polar surface area (TPSA) is 70.3 Å². The third-order valence-corrected chi connectivity index (χ3v) is 3.83. The molecule has 0 radical (unpaired) electrons. The number of ether oxygens (including phenoxy) is 1. The third-order valence-electron chi connectivity index (χ3n) is 3.01. The molecule has 0 aliphatic heterocycles. The van der Waals surface area contributed by atoms with Crippen molar-refractivity contribution in [3.8, 4) is 11.2 Å². The molecule has 2 aromatic carbocycles. The van der Waals surface area contributed by atoms with Crippen molar-refractivity contribution in [3.63, 3.8) is 0 Å². The maximum Gasteiger partial charge on any atom is 0.342 e. The molecule has 0 unspecified atom stereocenters. The normalized spacial score (nSPS) is 10.2. The fourth-order valence-corrected chi connectivity index (χ4v) is 2.78. The van der Waals surface area contributed by atoms with Gasteiger partial charge in [0.05, 0.1) is 6.61 Å². The Balaban J connectivity index is 2.82. The first-order chi connectivity index (χ1) is 9.61. The summed E-state index contributed by atoms with van der Waals surface area (Å²) in [5, 5.41) is 22.6. The van der Waals surface area contributed by atoms with Crippen LogP contribution in [0.5, 0.6) is 5.75 Å². The van der Waals surface area contributed by atoms with Gasteiger partial charge in [0.25, 0.3) is 0 Å². The first-order valence-corrected chi connectivity index (χ1v) is 6.90. The molecule has 0 aliphatic rings. The van der Waals surface area contributed by atoms with Crippen LogP contribution in [0.3, 0.4) is 0 Å². The highest BCUT2D eigenvalue weighted by molar-refractivity contribution is 8.04. The largest absolute Gasteiger partial charge is 0.506 e. The second-order valence-corrected chi connectivity index (χ2v) is 4.93. The van der Waals surface area contributed by atoms with Crippen LogP contribution in [-0.4, -0.2) is 17.7 Å². The Morgan fingerprint density at radius 1 is 1.40 bits per heavy atom. The lowest BCUT2D eigenvalue weighted by atomic mass is 10.00. The summed E-state index contributed by atoms with van der Waals surface area (Å²) < 4.78 is 4.98. The van der Waals surface area contributed by atoms with Gasteiger partial charge in [-0.05, 0) is 31.2 Å². The van der Waals surface area contributed by atoms with Gasteiger partial charge in [-0.2, -0.15) is 5.26 Å². The zero-order valence-corrected chi connectivity index (χ0v) is 12.0. The van der Waals surface area contributed by atoms with E-state index in [1.54, 1.807) is 26.0 Å². The number of aromatic hydroxyl groups is 1. The Morgan fingerprint density at radius 3 is 2.65 bits per heavy atom. The Morgan fingerprint density at radius 2 is 2.05 bits per heavy atom. The second kappa shape index (κ2) is 5.85. The average Bonchev–Trinajstić information content (AvgIpc) is 2.44. The molecule has 0 atom stereocenters. The summed E-state index contributed by atoms with van der Waals surface area (Å²) in [6.45, 7) is 3.64. The molecule has 5 heteroatoms. The minimum Gasteiger partial charge on any atom is -0.506 e. The summed E-state index contributed by atoms with van der Waals surface area (Å²) in [4.78, 5) is 12.7. The summed E-state index contributed by atoms with van der Waals surface area (Å²) in [7, 11) is 0. The number of rotatable bonds is 3. The van der Waals surface area contributed by atoms with E-state index in [-0.39, 0.29) is 17.9 Å². The van der Waals surface area contributed by atoms with Crippen LogP contribution in [0.4, 0.5) is 0 Å². The number of phenols is 1. The van der Waals surface area contributed by atoms with Crippen LogP contribution in [-0.2, 0) is 4.74 Å². The molecule has 0 amide bonds. The van der Waals surface area contributed by atoms with Crippen molar-refractivity contribution in [2.75, 3.05) is 6.61 Å². The van der Waals surface area contributed by atoms with E-state index >= 15 is 0 Å². The third kappa shape index (κ3) is 2.30. The van der Waals surface area contributed by atoms with Crippen molar-refractivity contribution in [2.24, 2.45) is 0 Å². The van der Waals surface area contributed by atoms with E-state index in [0.717, 1.165) is 17.1 Å². The van der Waals surface area contributed by atoms with Crippen LogP contribution in [0.25, 0.3) is 10.8 Å². The molecule has 2 aromatic rings. The minimum absolute atomic E-state index is 0.0983. The van der Waals surface area contributed by atoms with Gasteiger partial charge in [-0.3, -0.25) is 0 Å². The molecule has 0 aliphatic carbocycles. The standard InChI is InChI=1S/C15H13NO3S/c1-3-19-15(18)12-9(2)14(20-8-16)11-7-5-4-6-10(11)13(12)17/h4-7,17H,3H2,1-2H3. The molecule has 20 heavy (non-hydrogen) atoms. The van der Waals surface area contributed by atoms with Gasteiger partial charge in [-0.15, -0.1) is 0 Å². The highest BCUT2D eigenvalue weighted by atomic mass is 32.2. The molecule has 2 rings (SSSR count). The van der Waals surface area contributed by atoms with Gasteiger partial charge >= 0.3 is 5.97 Å². The number of fused-ring (bicyclic) bond motifs is 1. The molecule has 0 bridgehead atoms. The number of phenolic OH excluding ortho intramolecular Hbond substituents is 1. The predicted molar refractivity (Wildman–Crippen MR) is 77.8 cm³/mol. The zero-order valence-electron chi connectivity index (χ0n) is 11.1. The number of benzene rings is 2. The molecule has 4 nitrogen and oxygen atoms in total. The van der Waals surface area contributed by atoms with Crippen molar-refractivity contribution in [2.45, 2.75) is 18.7 Å². The van der Waals surface area contributed by atoms with E-state index < -0.39 is 5.97 Å². The van der Waals surface area contributed by atoms with Crippen LogP contribution >= 0.6 is 11.8 Å². The number of thiocyanates is 1. The van der Waals surface area contributed by atoms with E-state index in [1.807, 2.05) is 17.5 Å². The van der Waals surface area contributed by atoms with Crippen molar-refractivity contribution in [1.82, 2.24) is 0 Å². The first-order valence-electron chi connectivity index (χ1n) is 6.09. The van der Waals surface area contributed by atoms with Gasteiger partial charge in [0.1, 0.15) is 16.7 Å². The summed E-state index contributed by atoms with van der Waals surface area (Å²) in [5.74, 6) is -0.674. The number of hydrogen-bond acceptors (Lipinski definition) is 5. The van der Waals surface area contributed by atoms with Crippen LogP contribution in [0.15, 0.2) is 29.2 Å². The smallest absolute Gasteiger partial charge is 0.342 e. The number of carbonyl (C=O) groups is 1. The number of carbonyl (C=O) groups excluding carboxylic acids is 1. The van der Waals surface area contributed by atoms with E-state index in [4.69, 9.17) is 10.00 Å². The first kappa shape index (κ1) is 14.2. The summed E-state index contributed by atoms with van der Waals surface area (Å²) in [6.07, 6.45) is 0. The SMILES string of the molecule is CCOC(=O)c1c(C)c(SC#N)c2ccccc2c1O. The van der Waals surface area contributed by atoms with Gasteiger partial charge < -0.3 is 9.84 Å². The summed E-state index contributed by atoms with van der Waals surface area (Å²) >= 11 is 0.976. The van der Waals surface area contributed by atoms with Gasteiger partial charge in [0.2, 0.25) is 0 Å². The Labute approximate surface area is 121 Å². The van der Waals surface area contributed by atoms with Crippen LogP contribution in [0.1, 0.15) is 22.8 Å². The van der Waals surface area contributed by atoms with Crippen molar-refractivity contribution in [3.05, 3.63) is 35.4 Å². The number of nitriles is 1. The average molecular weight is 287 g/mol. The lowest BCUT2D eigenvalue weighted by Crippen LogP contribution is -2.08. The van der Waals surface area contributed by atoms with Gasteiger partial charge in [-0.25, -0.2) is 4.79 Å². The zero-order chi connectivity index (χ0) is 14.7. The van der Waals surface area contributed by atoms with Gasteiger partial charge in [0.15, 0.2) is 0 Å². The molecular weight excluding hydrogens is 274 g/mol. The fraction of sp³-hybridized carbons (Fsp3) is 0.200. The maximum atomic E-state index is 12.0. The Bertz CT molecular complexity index is 719. The Kier molecular flexibility index (Phi) is 4.16. The Hall–Kier alpha value is -2.19. The lowest BCUT2D eigenvalue weighted by molar-refractivity contribution is 0.0522. The van der Waals surface area contributed by atoms with Crippen LogP contribution in [0.2, 0.25) is 0 Å². The summed E-state index contributed by atoms with van der Waals surface area (Å²) in [6, 6.07) is 7.13. The molecule has 0 aromatic heterocycles. The van der Waals surface area contributed by atoms with E-state index in [0.29, 0.717) is 15.8 Å². The number of hydrogen-bond donors (Lipinski definition) is 1. The fourth-order valence-electron chi connectivity index (χ4n) is 2.15. The van der Waals surface area contributed by atoms with Crippen molar-refractivity contribution in [1.29, 1.82) is 5.26 Å². The van der Waals surface area contributed by atoms with Crippen molar-refractivity contribution < 1.29 is 14.6 Å². The van der Waals surface area contributed by atoms with Crippen molar-refractivity contribution >= 4 is 28.5 Å². The molecule has 1 N–H and O–H groups in total. The molecule has 102 valence electrons. The lowest BCUT2D eigenvalue weighted by Gasteiger charge is -2.14. The highest BCUT2D eigenvalue weighted by Gasteiger charge is 2.22. The minimum atomic E-state index is -0.576. The highest BCUT2D eigenvalue weighted by Crippen LogP contribution is 2.40. The molecular formula is C15H13NO3S. The predicted octanol–water partition coefficient (Wildman–Crippen LogP) is 3.60. The van der Waals surface area contributed by atoms with Gasteiger partial charge in [0, 0.05) is 15.7 Å². The van der Waals surface area contributed by atoms with Gasteiger partial charge in [-0.1, -0.05) is 24.3 Å². The molecule has 0 fully saturated rings. The second-order valence-electron chi connectivity index (χ2n) is 4.14. The van der Waals surface area contributed by atoms with E-state index in [1.165, 1.54) is 0 Å². The summed E-state index contributed by atoms with van der Waals surface area (Å²) in [5.41, 5.74) is 0.689. The van der Waals surface area contributed by atoms with Crippen LogP contribution in [0, 0.1) is 17.6 Å². The quantitative estimate of drug-likeness (QED) is 0.530. The van der Waals surface area contributed by atoms with Crippen LogP contribution < -0.4 is 0 Å². The monoisotopic (exact) mass is 287 g/mol. The van der Waals surface area contributed by atoms with E-state index in [2.05, 4.69) is 0 Å². The van der Waals surface area contributed by atoms with E-state index in [9.17, 15) is 9.90 Å². The number of esters is 1. The molecule has 0 saturated heterocycles. The molecule has 0 heterocycles. The maximum absolute atomic E-state index is 12.0. The number of nitrogens with zero attached hydrogens (tertiary/aromatic N) is 1.